The van der Waals surface area contributed by atoms with E-state index in [9.17, 15) is 14.7 Å². The molecule has 0 aliphatic rings. The first-order chi connectivity index (χ1) is 12.0. The molecule has 0 heterocycles. The van der Waals surface area contributed by atoms with Gasteiger partial charge in [0.25, 0.3) is 5.91 Å². The molecule has 0 saturated heterocycles. The third kappa shape index (κ3) is 5.35. The number of nitrogens with one attached hydrogen (secondary N) is 2. The molecule has 0 unspecified atom stereocenters. The molecule has 0 aromatic heterocycles. The third-order valence-corrected chi connectivity index (χ3v) is 3.11. The van der Waals surface area contributed by atoms with Crippen LogP contribution >= 0.6 is 0 Å². The first-order valence-electron chi connectivity index (χ1n) is 7.66. The topological polar surface area (TPSA) is 100 Å². The van der Waals surface area contributed by atoms with E-state index in [4.69, 9.17) is 4.74 Å². The number of rotatable bonds is 6. The quantitative estimate of drug-likeness (QED) is 0.555. The number of carbonyl (C=O) groups is 2. The van der Waals surface area contributed by atoms with E-state index < -0.39 is 5.91 Å². The molecule has 2 aromatic carbocycles. The molecule has 2 rings (SSSR count). The Labute approximate surface area is 145 Å². The Morgan fingerprint density at radius 1 is 1.24 bits per heavy atom. The summed E-state index contributed by atoms with van der Waals surface area (Å²) in [5.41, 5.74) is 3.97. The monoisotopic (exact) mass is 341 g/mol. The minimum Gasteiger partial charge on any atom is -0.504 e. The van der Waals surface area contributed by atoms with Crippen LogP contribution in [0.1, 0.15) is 29.8 Å². The number of hydrogen-bond acceptors (Lipinski definition) is 5. The first kappa shape index (κ1) is 18.0. The van der Waals surface area contributed by atoms with Crippen molar-refractivity contribution in [2.45, 2.75) is 13.8 Å². The van der Waals surface area contributed by atoms with Crippen LogP contribution < -0.4 is 15.5 Å². The van der Waals surface area contributed by atoms with Gasteiger partial charge >= 0.3 is 0 Å². The van der Waals surface area contributed by atoms with Crippen LogP contribution in [0.2, 0.25) is 0 Å². The van der Waals surface area contributed by atoms with Crippen molar-refractivity contribution < 1.29 is 19.4 Å². The van der Waals surface area contributed by atoms with Crippen molar-refractivity contribution in [1.82, 2.24) is 5.43 Å². The van der Waals surface area contributed by atoms with Crippen LogP contribution in [-0.4, -0.2) is 29.7 Å². The zero-order chi connectivity index (χ0) is 18.2. The van der Waals surface area contributed by atoms with E-state index >= 15 is 0 Å². The zero-order valence-corrected chi connectivity index (χ0v) is 13.9. The smallest absolute Gasteiger partial charge is 0.271 e. The molecular weight excluding hydrogens is 322 g/mol. The lowest BCUT2D eigenvalue weighted by atomic mass is 10.2. The number of phenols is 1. The summed E-state index contributed by atoms with van der Waals surface area (Å²) in [5.74, 6) is -0.237. The molecule has 0 radical (unpaired) electrons. The highest BCUT2D eigenvalue weighted by molar-refractivity contribution is 5.97. The van der Waals surface area contributed by atoms with Crippen molar-refractivity contribution in [2.24, 2.45) is 5.10 Å². The lowest BCUT2D eigenvalue weighted by Gasteiger charge is -2.06. The van der Waals surface area contributed by atoms with Gasteiger partial charge in [0.05, 0.1) is 12.8 Å². The fourth-order valence-electron chi connectivity index (χ4n) is 2.05. The van der Waals surface area contributed by atoms with Crippen LogP contribution in [0.5, 0.6) is 11.5 Å². The molecule has 2 amide bonds. The maximum atomic E-state index is 12.1. The highest BCUT2D eigenvalue weighted by atomic mass is 16.5. The van der Waals surface area contributed by atoms with Gasteiger partial charge in [0.2, 0.25) is 5.91 Å². The molecule has 0 aliphatic heterocycles. The fourth-order valence-corrected chi connectivity index (χ4v) is 2.05. The molecule has 7 heteroatoms. The number of amides is 2. The fraction of sp³-hybridized carbons (Fsp3) is 0.167. The minimum atomic E-state index is -0.410. The van der Waals surface area contributed by atoms with Crippen molar-refractivity contribution in [3.8, 4) is 11.5 Å². The number of phenolic OH excluding ortho intramolecular Hbond substituents is 1. The van der Waals surface area contributed by atoms with Gasteiger partial charge < -0.3 is 15.2 Å². The molecule has 0 fully saturated rings. The molecule has 0 spiro atoms. The average Bonchev–Trinajstić information content (AvgIpc) is 2.57. The van der Waals surface area contributed by atoms with Crippen LogP contribution in [0.4, 0.5) is 5.69 Å². The number of carbonyl (C=O) groups excluding carboxylic acids is 2. The van der Waals surface area contributed by atoms with Crippen LogP contribution in [0.25, 0.3) is 0 Å². The maximum absolute atomic E-state index is 12.1. The molecule has 7 nitrogen and oxygen atoms in total. The average molecular weight is 341 g/mol. The Morgan fingerprint density at radius 3 is 2.76 bits per heavy atom. The number of ether oxygens (including phenoxy) is 1. The summed E-state index contributed by atoms with van der Waals surface area (Å²) >= 11 is 0. The number of hydrogen-bond donors (Lipinski definition) is 3. The third-order valence-electron chi connectivity index (χ3n) is 3.11. The molecule has 25 heavy (non-hydrogen) atoms. The molecule has 130 valence electrons. The standard InChI is InChI=1S/C18H19N3O4/c1-3-25-17-9-13(7-8-16(17)23)11-19-21-18(24)14-5-4-6-15(10-14)20-12(2)22/h4-11,23H,3H2,1-2H3,(H,20,22)(H,21,24)/b19-11+. The Balaban J connectivity index is 2.03. The Bertz CT molecular complexity index is 803. The lowest BCUT2D eigenvalue weighted by molar-refractivity contribution is -0.114. The van der Waals surface area contributed by atoms with E-state index in [1.54, 1.807) is 36.4 Å². The van der Waals surface area contributed by atoms with Crippen molar-refractivity contribution in [1.29, 1.82) is 0 Å². The summed E-state index contributed by atoms with van der Waals surface area (Å²) in [4.78, 5) is 23.2. The van der Waals surface area contributed by atoms with Gasteiger partial charge in [0.15, 0.2) is 11.5 Å². The normalized spacial score (nSPS) is 10.5. The number of nitrogens with zero attached hydrogens (tertiary/aromatic N) is 1. The van der Waals surface area contributed by atoms with Gasteiger partial charge in [-0.05, 0) is 48.9 Å². The number of hydrazone groups is 1. The number of anilines is 1. The minimum absolute atomic E-state index is 0.0396. The van der Waals surface area contributed by atoms with E-state index in [1.807, 2.05) is 6.92 Å². The van der Waals surface area contributed by atoms with Gasteiger partial charge in [-0.3, -0.25) is 9.59 Å². The zero-order valence-electron chi connectivity index (χ0n) is 13.9. The number of aromatic hydroxyl groups is 1. The Hall–Kier alpha value is -3.35. The summed E-state index contributed by atoms with van der Waals surface area (Å²) in [5, 5.41) is 16.1. The van der Waals surface area contributed by atoms with E-state index in [-0.39, 0.29) is 11.7 Å². The summed E-state index contributed by atoms with van der Waals surface area (Å²) in [6.07, 6.45) is 1.44. The van der Waals surface area contributed by atoms with Crippen molar-refractivity contribution in [3.05, 3.63) is 53.6 Å². The summed E-state index contributed by atoms with van der Waals surface area (Å²) < 4.78 is 5.29. The van der Waals surface area contributed by atoms with Gasteiger partial charge in [0.1, 0.15) is 0 Å². The second-order valence-electron chi connectivity index (χ2n) is 5.12. The maximum Gasteiger partial charge on any atom is 0.271 e. The van der Waals surface area contributed by atoms with Crippen LogP contribution in [0.15, 0.2) is 47.6 Å². The molecule has 0 atom stereocenters. The Morgan fingerprint density at radius 2 is 2.04 bits per heavy atom. The SMILES string of the molecule is CCOc1cc(/C=N/NC(=O)c2cccc(NC(C)=O)c2)ccc1O. The van der Waals surface area contributed by atoms with Crippen LogP contribution in [-0.2, 0) is 4.79 Å². The first-order valence-corrected chi connectivity index (χ1v) is 7.66. The molecule has 3 N–H and O–H groups in total. The predicted octanol–water partition coefficient (Wildman–Crippen LogP) is 2.51. The van der Waals surface area contributed by atoms with Gasteiger partial charge in [0, 0.05) is 18.2 Å². The molecule has 0 aliphatic carbocycles. The van der Waals surface area contributed by atoms with E-state index in [1.165, 1.54) is 19.2 Å². The van der Waals surface area contributed by atoms with Crippen molar-refractivity contribution in [3.63, 3.8) is 0 Å². The van der Waals surface area contributed by atoms with Crippen molar-refractivity contribution in [2.75, 3.05) is 11.9 Å². The van der Waals surface area contributed by atoms with E-state index in [0.717, 1.165) is 0 Å². The van der Waals surface area contributed by atoms with Gasteiger partial charge in [-0.15, -0.1) is 0 Å². The largest absolute Gasteiger partial charge is 0.504 e. The number of benzene rings is 2. The second-order valence-corrected chi connectivity index (χ2v) is 5.12. The lowest BCUT2D eigenvalue weighted by Crippen LogP contribution is -2.18. The van der Waals surface area contributed by atoms with Crippen LogP contribution in [0.3, 0.4) is 0 Å². The second kappa shape index (κ2) is 8.49. The van der Waals surface area contributed by atoms with E-state index in [0.29, 0.717) is 29.2 Å². The summed E-state index contributed by atoms with van der Waals surface area (Å²) in [7, 11) is 0. The summed E-state index contributed by atoms with van der Waals surface area (Å²) in [6, 6.07) is 11.3. The van der Waals surface area contributed by atoms with Gasteiger partial charge in [-0.25, -0.2) is 5.43 Å². The van der Waals surface area contributed by atoms with Crippen molar-refractivity contribution >= 4 is 23.7 Å². The van der Waals surface area contributed by atoms with E-state index in [2.05, 4.69) is 15.8 Å². The highest BCUT2D eigenvalue weighted by Gasteiger charge is 2.06. The molecular formula is C18H19N3O4. The highest BCUT2D eigenvalue weighted by Crippen LogP contribution is 2.26. The molecule has 0 saturated carbocycles. The predicted molar refractivity (Wildman–Crippen MR) is 95.1 cm³/mol. The molecule has 2 aromatic rings. The summed E-state index contributed by atoms with van der Waals surface area (Å²) in [6.45, 7) is 3.64. The molecule has 0 bridgehead atoms. The Kier molecular flexibility index (Phi) is 6.11. The van der Waals surface area contributed by atoms with Crippen LogP contribution in [0, 0.1) is 0 Å². The van der Waals surface area contributed by atoms with Gasteiger partial charge in [-0.1, -0.05) is 6.07 Å². The van der Waals surface area contributed by atoms with Gasteiger partial charge in [-0.2, -0.15) is 5.10 Å².